The Balaban J connectivity index is 1.50. The van der Waals surface area contributed by atoms with Crippen LogP contribution >= 0.6 is 11.8 Å². The Morgan fingerprint density at radius 1 is 1.04 bits per heavy atom. The number of aryl methyl sites for hydroxylation is 1. The van der Waals surface area contributed by atoms with E-state index in [0.717, 1.165) is 22.2 Å². The summed E-state index contributed by atoms with van der Waals surface area (Å²) >= 11 is 1.61. The monoisotopic (exact) mass is 347 g/mol. The van der Waals surface area contributed by atoms with Crippen LogP contribution in [-0.2, 0) is 5.75 Å². The second-order valence-electron chi connectivity index (χ2n) is 5.69. The van der Waals surface area contributed by atoms with E-state index >= 15 is 0 Å². The minimum absolute atomic E-state index is 0.635. The molecule has 5 heteroatoms. The molecule has 0 spiro atoms. The highest BCUT2D eigenvalue weighted by molar-refractivity contribution is 7.98. The molecule has 0 unspecified atom stereocenters. The summed E-state index contributed by atoms with van der Waals surface area (Å²) in [5, 5.41) is 0.921. The van der Waals surface area contributed by atoms with E-state index in [-0.39, 0.29) is 0 Å². The molecule has 0 aliphatic heterocycles. The quantitative estimate of drug-likeness (QED) is 0.470. The number of imidazole rings is 1. The van der Waals surface area contributed by atoms with Gasteiger partial charge in [0.25, 0.3) is 0 Å². The van der Waals surface area contributed by atoms with Gasteiger partial charge in [-0.2, -0.15) is 0 Å². The molecule has 2 aromatic heterocycles. The van der Waals surface area contributed by atoms with Crippen LogP contribution < -0.4 is 0 Å². The van der Waals surface area contributed by atoms with E-state index in [1.165, 1.54) is 5.56 Å². The average Bonchev–Trinajstić information content (AvgIpc) is 3.30. The fourth-order valence-corrected chi connectivity index (χ4v) is 3.44. The van der Waals surface area contributed by atoms with Gasteiger partial charge in [0.2, 0.25) is 5.89 Å². The zero-order valence-corrected chi connectivity index (χ0v) is 14.6. The summed E-state index contributed by atoms with van der Waals surface area (Å²) in [5.41, 5.74) is 3.37. The van der Waals surface area contributed by atoms with E-state index in [2.05, 4.69) is 45.7 Å². The van der Waals surface area contributed by atoms with Gasteiger partial charge in [0, 0.05) is 23.6 Å². The number of thioether (sulfide) groups is 1. The molecule has 25 heavy (non-hydrogen) atoms. The Labute approximate surface area is 150 Å². The summed E-state index contributed by atoms with van der Waals surface area (Å²) < 4.78 is 7.95. The Morgan fingerprint density at radius 3 is 2.76 bits per heavy atom. The highest BCUT2D eigenvalue weighted by Gasteiger charge is 2.10. The van der Waals surface area contributed by atoms with Crippen LogP contribution in [0.4, 0.5) is 0 Å². The highest BCUT2D eigenvalue weighted by atomic mass is 32.2. The first kappa shape index (κ1) is 15.7. The van der Waals surface area contributed by atoms with Crippen LogP contribution in [0.1, 0.15) is 11.5 Å². The lowest BCUT2D eigenvalue weighted by Crippen LogP contribution is -1.95. The molecule has 0 aliphatic rings. The first-order valence-electron chi connectivity index (χ1n) is 8.03. The van der Waals surface area contributed by atoms with Crippen molar-refractivity contribution in [2.45, 2.75) is 17.8 Å². The number of oxazole rings is 1. The first-order valence-corrected chi connectivity index (χ1v) is 9.01. The third-order valence-corrected chi connectivity index (χ3v) is 4.77. The second-order valence-corrected chi connectivity index (χ2v) is 6.63. The maximum absolute atomic E-state index is 5.86. The molecule has 0 saturated carbocycles. The summed E-state index contributed by atoms with van der Waals surface area (Å²) in [6.07, 6.45) is 5.57. The molecule has 0 radical (unpaired) electrons. The van der Waals surface area contributed by atoms with Crippen molar-refractivity contribution in [3.8, 4) is 17.0 Å². The van der Waals surface area contributed by atoms with Gasteiger partial charge in [0.05, 0.1) is 11.9 Å². The lowest BCUT2D eigenvalue weighted by atomic mass is 10.2. The maximum atomic E-state index is 5.86. The topological polar surface area (TPSA) is 43.9 Å². The van der Waals surface area contributed by atoms with E-state index in [1.54, 1.807) is 18.0 Å². The molecule has 4 rings (SSSR count). The van der Waals surface area contributed by atoms with Crippen LogP contribution in [0.5, 0.6) is 0 Å². The normalized spacial score (nSPS) is 10.9. The minimum atomic E-state index is 0.635. The van der Waals surface area contributed by atoms with Crippen LogP contribution in [0.15, 0.2) is 82.8 Å². The Kier molecular flexibility index (Phi) is 4.39. The van der Waals surface area contributed by atoms with Crippen molar-refractivity contribution in [2.75, 3.05) is 0 Å². The van der Waals surface area contributed by atoms with Crippen LogP contribution in [0.25, 0.3) is 17.0 Å². The molecule has 0 fully saturated rings. The van der Waals surface area contributed by atoms with Gasteiger partial charge < -0.3 is 4.42 Å². The fraction of sp³-hybridized carbons (Fsp3) is 0.100. The van der Waals surface area contributed by atoms with Crippen LogP contribution in [0.2, 0.25) is 0 Å². The molecule has 0 bridgehead atoms. The largest absolute Gasteiger partial charge is 0.440 e. The van der Waals surface area contributed by atoms with Crippen molar-refractivity contribution in [1.29, 1.82) is 0 Å². The predicted octanol–water partition coefficient (Wildman–Crippen LogP) is 5.13. The lowest BCUT2D eigenvalue weighted by Gasteiger charge is -2.07. The van der Waals surface area contributed by atoms with Gasteiger partial charge in [0.1, 0.15) is 0 Å². The molecule has 0 N–H and O–H groups in total. The second kappa shape index (κ2) is 6.99. The molecule has 2 heterocycles. The third-order valence-electron chi connectivity index (χ3n) is 3.82. The summed E-state index contributed by atoms with van der Waals surface area (Å²) in [4.78, 5) is 8.84. The molecule has 4 aromatic rings. The SMILES string of the molecule is Cc1cccc(-n2ccnc2SCc2ncc(-c3ccccc3)o2)c1. The maximum Gasteiger partial charge on any atom is 0.205 e. The van der Waals surface area contributed by atoms with Gasteiger partial charge in [-0.3, -0.25) is 4.57 Å². The summed E-state index contributed by atoms with van der Waals surface area (Å²) in [7, 11) is 0. The predicted molar refractivity (Wildman–Crippen MR) is 99.8 cm³/mol. The van der Waals surface area contributed by atoms with Gasteiger partial charge in [-0.05, 0) is 24.6 Å². The Morgan fingerprint density at radius 2 is 1.92 bits per heavy atom. The lowest BCUT2D eigenvalue weighted by molar-refractivity contribution is 0.529. The van der Waals surface area contributed by atoms with Crippen molar-refractivity contribution in [3.05, 3.63) is 84.6 Å². The van der Waals surface area contributed by atoms with E-state index in [1.807, 2.05) is 42.7 Å². The van der Waals surface area contributed by atoms with Crippen LogP contribution in [0, 0.1) is 6.92 Å². The fourth-order valence-electron chi connectivity index (χ4n) is 2.61. The van der Waals surface area contributed by atoms with Gasteiger partial charge in [-0.25, -0.2) is 9.97 Å². The highest BCUT2D eigenvalue weighted by Crippen LogP contribution is 2.26. The number of hydrogen-bond donors (Lipinski definition) is 0. The zero-order valence-electron chi connectivity index (χ0n) is 13.8. The number of aromatic nitrogens is 3. The summed E-state index contributed by atoms with van der Waals surface area (Å²) in [6.45, 7) is 2.09. The summed E-state index contributed by atoms with van der Waals surface area (Å²) in [5.74, 6) is 2.12. The molecule has 4 nitrogen and oxygen atoms in total. The van der Waals surface area contributed by atoms with Crippen LogP contribution in [0.3, 0.4) is 0 Å². The van der Waals surface area contributed by atoms with Crippen molar-refractivity contribution in [2.24, 2.45) is 0 Å². The Bertz CT molecular complexity index is 975. The number of hydrogen-bond acceptors (Lipinski definition) is 4. The van der Waals surface area contributed by atoms with Crippen molar-refractivity contribution in [1.82, 2.24) is 14.5 Å². The molecule has 0 amide bonds. The van der Waals surface area contributed by atoms with Gasteiger partial charge in [0.15, 0.2) is 10.9 Å². The standard InChI is InChI=1S/C20H17N3OS/c1-15-6-5-9-17(12-15)23-11-10-21-20(23)25-14-19-22-13-18(24-19)16-7-3-2-4-8-16/h2-13H,14H2,1H3. The first-order chi connectivity index (χ1) is 12.3. The molecule has 0 saturated heterocycles. The average molecular weight is 347 g/mol. The van der Waals surface area contributed by atoms with Gasteiger partial charge >= 0.3 is 0 Å². The number of nitrogens with zero attached hydrogens (tertiary/aromatic N) is 3. The molecular formula is C20H17N3OS. The van der Waals surface area contributed by atoms with Crippen LogP contribution in [-0.4, -0.2) is 14.5 Å². The molecule has 124 valence electrons. The number of rotatable bonds is 5. The van der Waals surface area contributed by atoms with Crippen molar-refractivity contribution < 1.29 is 4.42 Å². The smallest absolute Gasteiger partial charge is 0.205 e. The Hall–Kier alpha value is -2.79. The van der Waals surface area contributed by atoms with E-state index in [0.29, 0.717) is 11.6 Å². The minimum Gasteiger partial charge on any atom is -0.440 e. The van der Waals surface area contributed by atoms with Crippen molar-refractivity contribution >= 4 is 11.8 Å². The van der Waals surface area contributed by atoms with E-state index in [4.69, 9.17) is 4.42 Å². The molecule has 0 aliphatic carbocycles. The zero-order chi connectivity index (χ0) is 17.1. The molecule has 2 aromatic carbocycles. The molecular weight excluding hydrogens is 330 g/mol. The van der Waals surface area contributed by atoms with Gasteiger partial charge in [-0.15, -0.1) is 0 Å². The van der Waals surface area contributed by atoms with Crippen molar-refractivity contribution in [3.63, 3.8) is 0 Å². The third kappa shape index (κ3) is 3.51. The number of benzene rings is 2. The summed E-state index contributed by atoms with van der Waals surface area (Å²) in [6, 6.07) is 18.4. The van der Waals surface area contributed by atoms with Gasteiger partial charge in [-0.1, -0.05) is 54.2 Å². The molecule has 0 atom stereocenters. The van der Waals surface area contributed by atoms with E-state index < -0.39 is 0 Å². The van der Waals surface area contributed by atoms with E-state index in [9.17, 15) is 0 Å².